The molecule has 2 N–H and O–H groups in total. The van der Waals surface area contributed by atoms with Gasteiger partial charge in [-0.1, -0.05) is 23.7 Å². The highest BCUT2D eigenvalue weighted by atomic mass is 35.5. The van der Waals surface area contributed by atoms with Crippen LogP contribution >= 0.6 is 11.6 Å². The SMILES string of the molecule is COc1cc(NCc2cccc(Cl)c2O)cc(OC)c1. The van der Waals surface area contributed by atoms with Crippen LogP contribution in [0, 0.1) is 0 Å². The van der Waals surface area contributed by atoms with Crippen molar-refractivity contribution in [1.29, 1.82) is 0 Å². The van der Waals surface area contributed by atoms with E-state index in [1.807, 2.05) is 18.2 Å². The second-order valence-electron chi connectivity index (χ2n) is 4.20. The minimum absolute atomic E-state index is 0.0940. The van der Waals surface area contributed by atoms with E-state index in [0.717, 1.165) is 11.3 Å². The first-order valence-corrected chi connectivity index (χ1v) is 6.45. The summed E-state index contributed by atoms with van der Waals surface area (Å²) in [6.07, 6.45) is 0. The molecule has 2 aromatic rings. The number of phenols is 1. The van der Waals surface area contributed by atoms with Crippen molar-refractivity contribution in [3.8, 4) is 17.2 Å². The highest BCUT2D eigenvalue weighted by Crippen LogP contribution is 2.29. The maximum Gasteiger partial charge on any atom is 0.139 e. The number of methoxy groups -OCH3 is 2. The number of ether oxygens (including phenoxy) is 2. The molecule has 0 aliphatic heterocycles. The van der Waals surface area contributed by atoms with E-state index in [0.29, 0.717) is 23.1 Å². The smallest absolute Gasteiger partial charge is 0.139 e. The summed E-state index contributed by atoms with van der Waals surface area (Å²) >= 11 is 5.87. The highest BCUT2D eigenvalue weighted by molar-refractivity contribution is 6.32. The van der Waals surface area contributed by atoms with Crippen LogP contribution in [0.1, 0.15) is 5.56 Å². The van der Waals surface area contributed by atoms with E-state index >= 15 is 0 Å². The largest absolute Gasteiger partial charge is 0.506 e. The number of rotatable bonds is 5. The molecule has 0 radical (unpaired) electrons. The third kappa shape index (κ3) is 3.27. The highest BCUT2D eigenvalue weighted by Gasteiger charge is 2.06. The summed E-state index contributed by atoms with van der Waals surface area (Å²) in [5.74, 6) is 1.49. The molecule has 0 aliphatic carbocycles. The van der Waals surface area contributed by atoms with Crippen LogP contribution in [-0.2, 0) is 6.54 Å². The number of hydrogen-bond donors (Lipinski definition) is 2. The summed E-state index contributed by atoms with van der Waals surface area (Å²) in [4.78, 5) is 0. The third-order valence-corrected chi connectivity index (χ3v) is 3.21. The fourth-order valence-electron chi connectivity index (χ4n) is 1.81. The minimum Gasteiger partial charge on any atom is -0.506 e. The van der Waals surface area contributed by atoms with Crippen LogP contribution in [0.25, 0.3) is 0 Å². The number of hydrogen-bond acceptors (Lipinski definition) is 4. The quantitative estimate of drug-likeness (QED) is 0.883. The van der Waals surface area contributed by atoms with Gasteiger partial charge in [0.25, 0.3) is 0 Å². The molecule has 0 unspecified atom stereocenters. The zero-order chi connectivity index (χ0) is 14.5. The van der Waals surface area contributed by atoms with Gasteiger partial charge in [0.15, 0.2) is 0 Å². The molecule has 0 aromatic heterocycles. The van der Waals surface area contributed by atoms with Gasteiger partial charge in [0.1, 0.15) is 17.2 Å². The first-order chi connectivity index (χ1) is 9.63. The number of aromatic hydroxyl groups is 1. The molecule has 2 rings (SSSR count). The monoisotopic (exact) mass is 293 g/mol. The molecule has 0 amide bonds. The molecule has 0 atom stereocenters. The topological polar surface area (TPSA) is 50.7 Å². The Kier molecular flexibility index (Phi) is 4.58. The summed E-state index contributed by atoms with van der Waals surface area (Å²) < 4.78 is 10.4. The Hall–Kier alpha value is -2.07. The van der Waals surface area contributed by atoms with Crippen LogP contribution in [0.15, 0.2) is 36.4 Å². The molecule has 2 aromatic carbocycles. The molecule has 0 bridgehead atoms. The molecule has 20 heavy (non-hydrogen) atoms. The number of benzene rings is 2. The van der Waals surface area contributed by atoms with E-state index in [1.54, 1.807) is 32.4 Å². The molecule has 0 aliphatic rings. The van der Waals surface area contributed by atoms with Gasteiger partial charge in [0, 0.05) is 36.0 Å². The average molecular weight is 294 g/mol. The lowest BCUT2D eigenvalue weighted by Crippen LogP contribution is -2.00. The fourth-order valence-corrected chi connectivity index (χ4v) is 2.00. The van der Waals surface area contributed by atoms with Crippen molar-refractivity contribution in [2.24, 2.45) is 0 Å². The summed E-state index contributed by atoms with van der Waals surface area (Å²) in [6.45, 7) is 0.447. The van der Waals surface area contributed by atoms with Crippen molar-refractivity contribution in [3.63, 3.8) is 0 Å². The maximum absolute atomic E-state index is 9.86. The molecule has 106 valence electrons. The van der Waals surface area contributed by atoms with Crippen LogP contribution in [0.2, 0.25) is 5.02 Å². The zero-order valence-corrected chi connectivity index (χ0v) is 12.1. The van der Waals surface area contributed by atoms with E-state index in [9.17, 15) is 5.11 Å². The van der Waals surface area contributed by atoms with Crippen LogP contribution in [0.3, 0.4) is 0 Å². The first kappa shape index (κ1) is 14.3. The Morgan fingerprint density at radius 3 is 2.35 bits per heavy atom. The lowest BCUT2D eigenvalue weighted by atomic mass is 10.2. The van der Waals surface area contributed by atoms with Gasteiger partial charge < -0.3 is 19.9 Å². The predicted molar refractivity (Wildman–Crippen MR) is 80.0 cm³/mol. The van der Waals surface area contributed by atoms with E-state index in [2.05, 4.69) is 5.32 Å². The normalized spacial score (nSPS) is 10.2. The Bertz CT molecular complexity index is 579. The number of halogens is 1. The van der Waals surface area contributed by atoms with Crippen LogP contribution in [0.5, 0.6) is 17.2 Å². The van der Waals surface area contributed by atoms with Crippen molar-refractivity contribution in [3.05, 3.63) is 47.0 Å². The van der Waals surface area contributed by atoms with Gasteiger partial charge in [-0.15, -0.1) is 0 Å². The van der Waals surface area contributed by atoms with E-state index < -0.39 is 0 Å². The Balaban J connectivity index is 2.16. The van der Waals surface area contributed by atoms with Crippen LogP contribution in [-0.4, -0.2) is 19.3 Å². The van der Waals surface area contributed by atoms with Crippen molar-refractivity contribution in [1.82, 2.24) is 0 Å². The molecular formula is C15H16ClNO3. The molecule has 4 nitrogen and oxygen atoms in total. The predicted octanol–water partition coefficient (Wildman–Crippen LogP) is 3.67. The first-order valence-electron chi connectivity index (χ1n) is 6.07. The van der Waals surface area contributed by atoms with E-state index in [1.165, 1.54) is 0 Å². The minimum atomic E-state index is 0.0940. The summed E-state index contributed by atoms with van der Waals surface area (Å²) in [5, 5.41) is 13.4. The van der Waals surface area contributed by atoms with Crippen molar-refractivity contribution in [2.45, 2.75) is 6.54 Å². The van der Waals surface area contributed by atoms with Crippen molar-refractivity contribution in [2.75, 3.05) is 19.5 Å². The Morgan fingerprint density at radius 1 is 1.10 bits per heavy atom. The fraction of sp³-hybridized carbons (Fsp3) is 0.200. The van der Waals surface area contributed by atoms with Gasteiger partial charge in [-0.25, -0.2) is 0 Å². The molecule has 0 saturated heterocycles. The lowest BCUT2D eigenvalue weighted by molar-refractivity contribution is 0.394. The van der Waals surface area contributed by atoms with E-state index in [-0.39, 0.29) is 5.75 Å². The van der Waals surface area contributed by atoms with Crippen LogP contribution in [0.4, 0.5) is 5.69 Å². The second kappa shape index (κ2) is 6.39. The number of phenolic OH excluding ortho intramolecular Hbond substituents is 1. The Morgan fingerprint density at radius 2 is 1.75 bits per heavy atom. The van der Waals surface area contributed by atoms with Gasteiger partial charge in [-0.05, 0) is 6.07 Å². The second-order valence-corrected chi connectivity index (χ2v) is 4.61. The van der Waals surface area contributed by atoms with E-state index in [4.69, 9.17) is 21.1 Å². The Labute approximate surface area is 122 Å². The average Bonchev–Trinajstić information content (AvgIpc) is 2.48. The van der Waals surface area contributed by atoms with Gasteiger partial charge >= 0.3 is 0 Å². The third-order valence-electron chi connectivity index (χ3n) is 2.90. The maximum atomic E-state index is 9.86. The van der Waals surface area contributed by atoms with Crippen LogP contribution < -0.4 is 14.8 Å². The molecule has 0 saturated carbocycles. The lowest BCUT2D eigenvalue weighted by Gasteiger charge is -2.12. The zero-order valence-electron chi connectivity index (χ0n) is 11.3. The summed E-state index contributed by atoms with van der Waals surface area (Å²) in [7, 11) is 3.20. The van der Waals surface area contributed by atoms with Crippen molar-refractivity contribution >= 4 is 17.3 Å². The summed E-state index contributed by atoms with van der Waals surface area (Å²) in [5.41, 5.74) is 1.56. The number of para-hydroxylation sites is 1. The standard InChI is InChI=1S/C15H16ClNO3/c1-19-12-6-11(7-13(8-12)20-2)17-9-10-4-3-5-14(16)15(10)18/h3-8,17-18H,9H2,1-2H3. The van der Waals surface area contributed by atoms with Gasteiger partial charge in [0.2, 0.25) is 0 Å². The van der Waals surface area contributed by atoms with Gasteiger partial charge in [-0.2, -0.15) is 0 Å². The summed E-state index contributed by atoms with van der Waals surface area (Å²) in [6, 6.07) is 10.8. The van der Waals surface area contributed by atoms with Gasteiger partial charge in [0.05, 0.1) is 19.2 Å². The van der Waals surface area contributed by atoms with Gasteiger partial charge in [-0.3, -0.25) is 0 Å². The number of nitrogens with one attached hydrogen (secondary N) is 1. The van der Waals surface area contributed by atoms with Crippen molar-refractivity contribution < 1.29 is 14.6 Å². The molecule has 0 heterocycles. The number of anilines is 1. The molecule has 5 heteroatoms. The molecule has 0 spiro atoms. The molecular weight excluding hydrogens is 278 g/mol. The molecule has 0 fully saturated rings.